The molecule has 1 amide bonds. The summed E-state index contributed by atoms with van der Waals surface area (Å²) in [6, 6.07) is 13.3. The Kier molecular flexibility index (Phi) is 6.42. The van der Waals surface area contributed by atoms with Gasteiger partial charge in [-0.25, -0.2) is 0 Å². The molecule has 1 saturated heterocycles. The molecule has 1 heterocycles. The van der Waals surface area contributed by atoms with Crippen molar-refractivity contribution in [1.82, 2.24) is 9.80 Å². The number of hydrogen-bond donors (Lipinski definition) is 1. The van der Waals surface area contributed by atoms with Crippen LogP contribution in [0.25, 0.3) is 5.76 Å². The molecule has 0 bridgehead atoms. The number of aliphatic hydroxyl groups excluding tert-OH is 1. The highest BCUT2D eigenvalue weighted by Crippen LogP contribution is 2.41. The minimum absolute atomic E-state index is 0.0668. The van der Waals surface area contributed by atoms with E-state index in [0.29, 0.717) is 35.7 Å². The number of carbonyl (C=O) groups is 2. The second-order valence-electron chi connectivity index (χ2n) is 7.28. The van der Waals surface area contributed by atoms with Crippen molar-refractivity contribution in [2.75, 3.05) is 41.4 Å². The number of likely N-dealkylation sites (tertiary alicyclic amines) is 1. The van der Waals surface area contributed by atoms with Crippen LogP contribution in [-0.4, -0.2) is 68.0 Å². The largest absolute Gasteiger partial charge is 0.507 e. The Labute approximate surface area is 176 Å². The van der Waals surface area contributed by atoms with E-state index in [1.54, 1.807) is 42.5 Å². The summed E-state index contributed by atoms with van der Waals surface area (Å²) in [4.78, 5) is 29.3. The number of carbonyl (C=O) groups excluding carboxylic acids is 2. The van der Waals surface area contributed by atoms with Crippen LogP contribution in [-0.2, 0) is 9.59 Å². The van der Waals surface area contributed by atoms with E-state index < -0.39 is 17.7 Å². The van der Waals surface area contributed by atoms with Crippen LogP contribution in [0.1, 0.15) is 17.2 Å². The normalized spacial score (nSPS) is 18.2. The molecule has 7 nitrogen and oxygen atoms in total. The molecular weight excluding hydrogens is 384 g/mol. The van der Waals surface area contributed by atoms with Gasteiger partial charge in [-0.05, 0) is 31.8 Å². The SMILES string of the molecule is COc1ccc([C@H]2C(=C(O)c3ccccc3)C(=O)C(=O)N2CCN(C)C)cc1OC. The van der Waals surface area contributed by atoms with Crippen LogP contribution in [0.3, 0.4) is 0 Å². The van der Waals surface area contributed by atoms with Gasteiger partial charge in [-0.2, -0.15) is 0 Å². The molecule has 0 saturated carbocycles. The van der Waals surface area contributed by atoms with E-state index in [1.807, 2.05) is 25.1 Å². The highest BCUT2D eigenvalue weighted by Gasteiger charge is 2.46. The molecule has 0 radical (unpaired) electrons. The highest BCUT2D eigenvalue weighted by atomic mass is 16.5. The number of benzene rings is 2. The first-order chi connectivity index (χ1) is 14.4. The topological polar surface area (TPSA) is 79.3 Å². The maximum atomic E-state index is 13.0. The molecule has 0 aliphatic carbocycles. The van der Waals surface area contributed by atoms with Gasteiger partial charge in [0.1, 0.15) is 5.76 Å². The molecular formula is C23H26N2O5. The summed E-state index contributed by atoms with van der Waals surface area (Å²) < 4.78 is 10.7. The van der Waals surface area contributed by atoms with Gasteiger partial charge < -0.3 is 24.4 Å². The molecule has 30 heavy (non-hydrogen) atoms. The van der Waals surface area contributed by atoms with Crippen LogP contribution in [0.5, 0.6) is 11.5 Å². The molecule has 1 fully saturated rings. The Morgan fingerprint density at radius 3 is 2.30 bits per heavy atom. The van der Waals surface area contributed by atoms with Crippen molar-refractivity contribution in [2.45, 2.75) is 6.04 Å². The first-order valence-corrected chi connectivity index (χ1v) is 9.59. The van der Waals surface area contributed by atoms with Crippen molar-refractivity contribution < 1.29 is 24.2 Å². The van der Waals surface area contributed by atoms with Gasteiger partial charge in [0.2, 0.25) is 0 Å². The zero-order valence-electron chi connectivity index (χ0n) is 17.6. The van der Waals surface area contributed by atoms with Crippen molar-refractivity contribution in [3.63, 3.8) is 0 Å². The molecule has 2 aromatic carbocycles. The minimum atomic E-state index is -0.732. The van der Waals surface area contributed by atoms with Gasteiger partial charge in [-0.1, -0.05) is 36.4 Å². The van der Waals surface area contributed by atoms with E-state index in [9.17, 15) is 14.7 Å². The van der Waals surface area contributed by atoms with Crippen molar-refractivity contribution in [3.05, 3.63) is 65.2 Å². The van der Waals surface area contributed by atoms with Gasteiger partial charge in [0.15, 0.2) is 11.5 Å². The summed E-state index contributed by atoms with van der Waals surface area (Å²) in [5.41, 5.74) is 1.20. The van der Waals surface area contributed by atoms with Crippen LogP contribution < -0.4 is 9.47 Å². The van der Waals surface area contributed by atoms with Gasteiger partial charge in [0.25, 0.3) is 11.7 Å². The van der Waals surface area contributed by atoms with Crippen LogP contribution in [0, 0.1) is 0 Å². The number of ether oxygens (including phenoxy) is 2. The number of amides is 1. The molecule has 0 aromatic heterocycles. The summed E-state index contributed by atoms with van der Waals surface area (Å²) >= 11 is 0. The van der Waals surface area contributed by atoms with Crippen molar-refractivity contribution in [1.29, 1.82) is 0 Å². The monoisotopic (exact) mass is 410 g/mol. The molecule has 1 aliphatic heterocycles. The molecule has 3 rings (SSSR count). The molecule has 0 unspecified atom stereocenters. The van der Waals surface area contributed by atoms with E-state index in [1.165, 1.54) is 19.1 Å². The third kappa shape index (κ3) is 4.02. The number of Topliss-reactive ketones (excluding diaryl/α,β-unsaturated/α-hetero) is 1. The fourth-order valence-electron chi connectivity index (χ4n) is 3.54. The van der Waals surface area contributed by atoms with Gasteiger partial charge >= 0.3 is 0 Å². The first kappa shape index (κ1) is 21.4. The molecule has 1 atom stereocenters. The predicted octanol–water partition coefficient (Wildman–Crippen LogP) is 2.69. The third-order valence-electron chi connectivity index (χ3n) is 5.10. The van der Waals surface area contributed by atoms with E-state index in [0.717, 1.165) is 0 Å². The average molecular weight is 410 g/mol. The summed E-state index contributed by atoms with van der Waals surface area (Å²) in [6.45, 7) is 0.907. The van der Waals surface area contributed by atoms with E-state index in [4.69, 9.17) is 9.47 Å². The van der Waals surface area contributed by atoms with Gasteiger partial charge in [0, 0.05) is 18.7 Å². The predicted molar refractivity (Wildman–Crippen MR) is 114 cm³/mol. The molecule has 0 spiro atoms. The maximum absolute atomic E-state index is 13.0. The zero-order chi connectivity index (χ0) is 21.8. The lowest BCUT2D eigenvalue weighted by Crippen LogP contribution is -2.35. The number of ketones is 1. The van der Waals surface area contributed by atoms with E-state index in [2.05, 4.69) is 0 Å². The summed E-state index contributed by atoms with van der Waals surface area (Å²) in [6.07, 6.45) is 0. The summed E-state index contributed by atoms with van der Waals surface area (Å²) in [5, 5.41) is 11.0. The number of aliphatic hydroxyl groups is 1. The van der Waals surface area contributed by atoms with Crippen molar-refractivity contribution >= 4 is 17.4 Å². The lowest BCUT2D eigenvalue weighted by molar-refractivity contribution is -0.140. The number of methoxy groups -OCH3 is 2. The fourth-order valence-corrected chi connectivity index (χ4v) is 3.54. The Hall–Kier alpha value is -3.32. The van der Waals surface area contributed by atoms with Crippen LogP contribution >= 0.6 is 0 Å². The van der Waals surface area contributed by atoms with Crippen LogP contribution in [0.4, 0.5) is 0 Å². The third-order valence-corrected chi connectivity index (χ3v) is 5.10. The second kappa shape index (κ2) is 9.00. The van der Waals surface area contributed by atoms with E-state index in [-0.39, 0.29) is 11.3 Å². The van der Waals surface area contributed by atoms with Crippen LogP contribution in [0.2, 0.25) is 0 Å². The Morgan fingerprint density at radius 1 is 1.03 bits per heavy atom. The molecule has 158 valence electrons. The average Bonchev–Trinajstić information content (AvgIpc) is 3.01. The minimum Gasteiger partial charge on any atom is -0.507 e. The molecule has 1 aliphatic rings. The van der Waals surface area contributed by atoms with E-state index >= 15 is 0 Å². The Balaban J connectivity index is 2.17. The Morgan fingerprint density at radius 2 is 1.70 bits per heavy atom. The number of rotatable bonds is 7. The molecule has 2 aromatic rings. The summed E-state index contributed by atoms with van der Waals surface area (Å²) in [7, 11) is 6.85. The highest BCUT2D eigenvalue weighted by molar-refractivity contribution is 6.46. The first-order valence-electron chi connectivity index (χ1n) is 9.59. The summed E-state index contributed by atoms with van der Waals surface area (Å²) in [5.74, 6) is -0.507. The maximum Gasteiger partial charge on any atom is 0.295 e. The lowest BCUT2D eigenvalue weighted by atomic mass is 9.95. The van der Waals surface area contributed by atoms with Crippen molar-refractivity contribution in [3.8, 4) is 11.5 Å². The van der Waals surface area contributed by atoms with Crippen molar-refractivity contribution in [2.24, 2.45) is 0 Å². The van der Waals surface area contributed by atoms with Gasteiger partial charge in [0.05, 0.1) is 25.8 Å². The Bertz CT molecular complexity index is 969. The fraction of sp³-hybridized carbons (Fsp3) is 0.304. The molecule has 7 heteroatoms. The number of likely N-dealkylation sites (N-methyl/N-ethyl adjacent to an activating group) is 1. The van der Waals surface area contributed by atoms with Gasteiger partial charge in [-0.3, -0.25) is 9.59 Å². The molecule has 1 N–H and O–H groups in total. The zero-order valence-corrected chi connectivity index (χ0v) is 17.6. The standard InChI is InChI=1S/C23H26N2O5/c1-24(2)12-13-25-20(16-10-11-17(29-3)18(14-16)30-4)19(22(27)23(25)28)21(26)15-8-6-5-7-9-15/h5-11,14,20,26H,12-13H2,1-4H3/t20-/m0/s1. The van der Waals surface area contributed by atoms with Gasteiger partial charge in [-0.15, -0.1) is 0 Å². The second-order valence-corrected chi connectivity index (χ2v) is 7.28. The number of hydrogen-bond acceptors (Lipinski definition) is 6. The van der Waals surface area contributed by atoms with Crippen LogP contribution in [0.15, 0.2) is 54.1 Å². The smallest absolute Gasteiger partial charge is 0.295 e. The lowest BCUT2D eigenvalue weighted by Gasteiger charge is -2.27. The quantitative estimate of drug-likeness (QED) is 0.430. The number of nitrogens with zero attached hydrogens (tertiary/aromatic N) is 2.